The van der Waals surface area contributed by atoms with Gasteiger partial charge in [-0.2, -0.15) is 18.2 Å². The minimum absolute atomic E-state index is 0.0284. The van der Waals surface area contributed by atoms with Gasteiger partial charge in [-0.15, -0.1) is 0 Å². The number of ketones is 1. The first-order chi connectivity index (χ1) is 14.0. The van der Waals surface area contributed by atoms with Crippen LogP contribution in [0.4, 0.5) is 13.2 Å². The first kappa shape index (κ1) is 23.1. The minimum atomic E-state index is -4.51. The molecule has 1 amide bonds. The minimum Gasteiger partial charge on any atom is -0.480 e. The van der Waals surface area contributed by atoms with Crippen LogP contribution in [0, 0.1) is 6.92 Å². The Morgan fingerprint density at radius 1 is 1.20 bits per heavy atom. The van der Waals surface area contributed by atoms with Crippen molar-refractivity contribution in [2.24, 2.45) is 0 Å². The lowest BCUT2D eigenvalue weighted by atomic mass is 10.0. The van der Waals surface area contributed by atoms with Crippen molar-refractivity contribution in [3.8, 4) is 11.8 Å². The van der Waals surface area contributed by atoms with Gasteiger partial charge in [-0.1, -0.05) is 0 Å². The van der Waals surface area contributed by atoms with Crippen LogP contribution in [0.3, 0.4) is 0 Å². The van der Waals surface area contributed by atoms with Crippen molar-refractivity contribution in [1.82, 2.24) is 15.3 Å². The number of halogens is 3. The molecule has 10 heteroatoms. The molecule has 1 unspecified atom stereocenters. The van der Waals surface area contributed by atoms with Crippen LogP contribution in [0.25, 0.3) is 0 Å². The Balaban J connectivity index is 2.17. The zero-order valence-corrected chi connectivity index (χ0v) is 17.0. The Hall–Kier alpha value is -3.17. The molecule has 0 saturated heterocycles. The highest BCUT2D eigenvalue weighted by Crippen LogP contribution is 2.23. The van der Waals surface area contributed by atoms with Gasteiger partial charge in [0.2, 0.25) is 11.8 Å². The first-order valence-corrected chi connectivity index (χ1v) is 9.01. The van der Waals surface area contributed by atoms with E-state index in [9.17, 15) is 22.8 Å². The van der Waals surface area contributed by atoms with Crippen molar-refractivity contribution in [2.45, 2.75) is 39.4 Å². The maximum Gasteiger partial charge on any atom is 0.422 e. The number of Topliss-reactive ketones (excluding diaryl/α,β-unsaturated/α-hetero) is 1. The molecule has 0 aliphatic heterocycles. The zero-order valence-electron chi connectivity index (χ0n) is 17.0. The largest absolute Gasteiger partial charge is 0.480 e. The molecule has 0 saturated carbocycles. The average Bonchev–Trinajstić information content (AvgIpc) is 2.64. The Kier molecular flexibility index (Phi) is 7.36. The average molecular weight is 425 g/mol. The number of hydrogen-bond donors (Lipinski definition) is 1. The molecule has 0 spiro atoms. The van der Waals surface area contributed by atoms with Crippen molar-refractivity contribution >= 4 is 11.7 Å². The van der Waals surface area contributed by atoms with Crippen LogP contribution in [0.15, 0.2) is 24.3 Å². The van der Waals surface area contributed by atoms with E-state index in [1.54, 1.807) is 26.0 Å². The van der Waals surface area contributed by atoms with Crippen molar-refractivity contribution in [3.05, 3.63) is 46.8 Å². The van der Waals surface area contributed by atoms with Gasteiger partial charge in [0.25, 0.3) is 5.91 Å². The van der Waals surface area contributed by atoms with Crippen LogP contribution in [-0.2, 0) is 11.2 Å². The fraction of sp³-hybridized carbons (Fsp3) is 0.400. The number of hydrogen-bond acceptors (Lipinski definition) is 6. The number of aromatic nitrogens is 2. The zero-order chi connectivity index (χ0) is 22.5. The molecule has 2 aromatic heterocycles. The number of nitrogens with one attached hydrogen (secondary N) is 1. The summed E-state index contributed by atoms with van der Waals surface area (Å²) in [6, 6.07) is 5.53. The van der Waals surface area contributed by atoms with Crippen molar-refractivity contribution in [3.63, 3.8) is 0 Å². The molecule has 0 aromatic carbocycles. The van der Waals surface area contributed by atoms with E-state index in [1.165, 1.54) is 20.1 Å². The van der Waals surface area contributed by atoms with Gasteiger partial charge >= 0.3 is 6.18 Å². The number of carbonyl (C=O) groups is 2. The monoisotopic (exact) mass is 425 g/mol. The van der Waals surface area contributed by atoms with E-state index in [4.69, 9.17) is 4.74 Å². The first-order valence-electron chi connectivity index (χ1n) is 9.01. The number of nitrogens with zero attached hydrogens (tertiary/aromatic N) is 2. The Bertz CT molecular complexity index is 932. The van der Waals surface area contributed by atoms with E-state index in [-0.39, 0.29) is 29.5 Å². The SMILES string of the molecule is COc1nc(OCC(F)(F)F)ccc1C(=O)NC(C)c1cc(C)nc(CC(C)=O)c1. The van der Waals surface area contributed by atoms with E-state index < -0.39 is 24.7 Å². The fourth-order valence-electron chi connectivity index (χ4n) is 2.71. The summed E-state index contributed by atoms with van der Waals surface area (Å²) in [6.07, 6.45) is -4.32. The van der Waals surface area contributed by atoms with E-state index in [2.05, 4.69) is 20.0 Å². The van der Waals surface area contributed by atoms with Crippen LogP contribution >= 0.6 is 0 Å². The molecule has 1 atom stereocenters. The molecule has 0 aliphatic carbocycles. The van der Waals surface area contributed by atoms with Crippen LogP contribution in [0.1, 0.15) is 47.2 Å². The highest BCUT2D eigenvalue weighted by atomic mass is 19.4. The summed E-state index contributed by atoms with van der Waals surface area (Å²) in [5.41, 5.74) is 2.10. The van der Waals surface area contributed by atoms with Gasteiger partial charge in [-0.25, -0.2) is 0 Å². The third kappa shape index (κ3) is 6.71. The van der Waals surface area contributed by atoms with Crippen molar-refractivity contribution in [2.75, 3.05) is 13.7 Å². The molecule has 0 aliphatic rings. The molecule has 30 heavy (non-hydrogen) atoms. The summed E-state index contributed by atoms with van der Waals surface area (Å²) in [7, 11) is 1.25. The Labute approximate surface area is 171 Å². The van der Waals surface area contributed by atoms with Gasteiger partial charge < -0.3 is 14.8 Å². The fourth-order valence-corrected chi connectivity index (χ4v) is 2.71. The lowest BCUT2D eigenvalue weighted by molar-refractivity contribution is -0.154. The number of carbonyl (C=O) groups excluding carboxylic acids is 2. The molecule has 1 N–H and O–H groups in total. The third-order valence-electron chi connectivity index (χ3n) is 3.96. The van der Waals surface area contributed by atoms with E-state index >= 15 is 0 Å². The maximum atomic E-state index is 12.7. The number of methoxy groups -OCH3 is 1. The summed E-state index contributed by atoms with van der Waals surface area (Å²) >= 11 is 0. The summed E-state index contributed by atoms with van der Waals surface area (Å²) in [6.45, 7) is 3.51. The summed E-state index contributed by atoms with van der Waals surface area (Å²) in [5.74, 6) is -1.04. The lowest BCUT2D eigenvalue weighted by Crippen LogP contribution is -2.27. The second-order valence-electron chi connectivity index (χ2n) is 6.72. The maximum absolute atomic E-state index is 12.7. The standard InChI is InChI=1S/C20H22F3N3O4/c1-11-7-14(9-15(24-11)8-12(2)27)13(3)25-18(28)16-5-6-17(26-19(16)29-4)30-10-20(21,22)23/h5-7,9,13H,8,10H2,1-4H3,(H,25,28). The molecule has 0 fully saturated rings. The molecular weight excluding hydrogens is 403 g/mol. The van der Waals surface area contributed by atoms with E-state index in [1.807, 2.05) is 0 Å². The van der Waals surface area contributed by atoms with E-state index in [0.717, 1.165) is 11.6 Å². The van der Waals surface area contributed by atoms with Crippen molar-refractivity contribution < 1.29 is 32.2 Å². The summed E-state index contributed by atoms with van der Waals surface area (Å²) < 4.78 is 46.5. The predicted molar refractivity (Wildman–Crippen MR) is 102 cm³/mol. The second kappa shape index (κ2) is 9.55. The van der Waals surface area contributed by atoms with Gasteiger partial charge in [-0.3, -0.25) is 14.6 Å². The molecule has 162 valence electrons. The van der Waals surface area contributed by atoms with Gasteiger partial charge in [-0.05, 0) is 44.5 Å². The van der Waals surface area contributed by atoms with Crippen LogP contribution in [-0.4, -0.2) is 41.6 Å². The lowest BCUT2D eigenvalue weighted by Gasteiger charge is -2.17. The molecule has 2 heterocycles. The van der Waals surface area contributed by atoms with Crippen LogP contribution in [0.2, 0.25) is 0 Å². The Morgan fingerprint density at radius 2 is 1.90 bits per heavy atom. The molecule has 2 rings (SSSR count). The topological polar surface area (TPSA) is 90.4 Å². The Morgan fingerprint density at radius 3 is 2.50 bits per heavy atom. The number of rotatable bonds is 8. The molecular formula is C20H22F3N3O4. The normalized spacial score (nSPS) is 12.2. The number of pyridine rings is 2. The van der Waals surface area contributed by atoms with Crippen molar-refractivity contribution in [1.29, 1.82) is 0 Å². The van der Waals surface area contributed by atoms with E-state index in [0.29, 0.717) is 11.4 Å². The van der Waals surface area contributed by atoms with Gasteiger partial charge in [0, 0.05) is 23.9 Å². The summed E-state index contributed by atoms with van der Waals surface area (Å²) in [4.78, 5) is 32.1. The number of aryl methyl sites for hydroxylation is 1. The van der Waals surface area contributed by atoms with Gasteiger partial charge in [0.05, 0.1) is 13.2 Å². The second-order valence-corrected chi connectivity index (χ2v) is 6.72. The van der Waals surface area contributed by atoms with Gasteiger partial charge in [0.15, 0.2) is 6.61 Å². The third-order valence-corrected chi connectivity index (χ3v) is 3.96. The predicted octanol–water partition coefficient (Wildman–Crippen LogP) is 3.36. The summed E-state index contributed by atoms with van der Waals surface area (Å²) in [5, 5.41) is 2.78. The quantitative estimate of drug-likeness (QED) is 0.698. The smallest absolute Gasteiger partial charge is 0.422 e. The van der Waals surface area contributed by atoms with Gasteiger partial charge in [0.1, 0.15) is 11.3 Å². The highest BCUT2D eigenvalue weighted by Gasteiger charge is 2.29. The number of alkyl halides is 3. The molecule has 0 bridgehead atoms. The van der Waals surface area contributed by atoms with Crippen LogP contribution in [0.5, 0.6) is 11.8 Å². The molecule has 0 radical (unpaired) electrons. The number of amides is 1. The van der Waals surface area contributed by atoms with Crippen LogP contribution < -0.4 is 14.8 Å². The number of ether oxygens (including phenoxy) is 2. The highest BCUT2D eigenvalue weighted by molar-refractivity contribution is 5.96. The molecule has 7 nitrogen and oxygen atoms in total. The molecule has 2 aromatic rings.